The van der Waals surface area contributed by atoms with Gasteiger partial charge in [0, 0.05) is 11.1 Å². The van der Waals surface area contributed by atoms with Crippen molar-refractivity contribution in [1.29, 1.82) is 0 Å². The maximum atomic E-state index is 13.6. The molecular weight excluding hydrogens is 287 g/mol. The van der Waals surface area contributed by atoms with Gasteiger partial charge in [-0.15, -0.1) is 0 Å². The molecule has 17 heavy (non-hydrogen) atoms. The van der Waals surface area contributed by atoms with Gasteiger partial charge >= 0.3 is 0 Å². The van der Waals surface area contributed by atoms with E-state index in [9.17, 15) is 9.18 Å². The van der Waals surface area contributed by atoms with Gasteiger partial charge in [0.15, 0.2) is 5.78 Å². The molecule has 4 heteroatoms. The largest absolute Gasteiger partial charge is 0.370 e. The summed E-state index contributed by atoms with van der Waals surface area (Å²) in [6.45, 7) is 6.02. The number of rotatable bonds is 5. The molecule has 1 rings (SSSR count). The van der Waals surface area contributed by atoms with Crippen LogP contribution in [0.3, 0.4) is 0 Å². The number of hydrogen-bond acceptors (Lipinski definition) is 2. The molecule has 0 saturated carbocycles. The van der Waals surface area contributed by atoms with Crippen molar-refractivity contribution in [3.05, 3.63) is 34.1 Å². The van der Waals surface area contributed by atoms with E-state index in [0.29, 0.717) is 11.1 Å². The Balaban J connectivity index is 3.04. The number of ether oxygens (including phenoxy) is 1. The van der Waals surface area contributed by atoms with Crippen LogP contribution in [0.1, 0.15) is 31.1 Å². The summed E-state index contributed by atoms with van der Waals surface area (Å²) in [4.78, 5) is 12.2. The van der Waals surface area contributed by atoms with Crippen LogP contribution < -0.4 is 0 Å². The van der Waals surface area contributed by atoms with Crippen molar-refractivity contribution < 1.29 is 13.9 Å². The van der Waals surface area contributed by atoms with E-state index in [4.69, 9.17) is 4.74 Å². The summed E-state index contributed by atoms with van der Waals surface area (Å²) in [5.41, 5.74) is 0.0755. The molecule has 0 N–H and O–H groups in total. The molecule has 2 nitrogen and oxygen atoms in total. The van der Waals surface area contributed by atoms with E-state index < -0.39 is 11.9 Å². The first-order chi connectivity index (χ1) is 7.97. The Morgan fingerprint density at radius 1 is 1.47 bits per heavy atom. The number of halogens is 2. The highest BCUT2D eigenvalue weighted by Gasteiger charge is 2.26. The van der Waals surface area contributed by atoms with E-state index in [2.05, 4.69) is 15.9 Å². The molecule has 0 fully saturated rings. The number of ketones is 1. The third-order valence-electron chi connectivity index (χ3n) is 2.40. The summed E-state index contributed by atoms with van der Waals surface area (Å²) in [5, 5.41) is 0. The molecular formula is C13H16BrFO2. The highest BCUT2D eigenvalue weighted by atomic mass is 79.9. The third-order valence-corrected chi connectivity index (χ3v) is 2.90. The first-order valence-electron chi connectivity index (χ1n) is 5.58. The lowest BCUT2D eigenvalue weighted by atomic mass is 9.97. The molecule has 0 aliphatic carbocycles. The van der Waals surface area contributed by atoms with E-state index in [1.165, 1.54) is 12.1 Å². The van der Waals surface area contributed by atoms with Gasteiger partial charge in [0.2, 0.25) is 0 Å². The number of hydrogen-bond donors (Lipinski definition) is 0. The molecule has 0 spiro atoms. The molecule has 0 bridgehead atoms. The first-order valence-corrected chi connectivity index (χ1v) is 6.37. The van der Waals surface area contributed by atoms with Crippen LogP contribution in [0.5, 0.6) is 0 Å². The fourth-order valence-electron chi connectivity index (χ4n) is 1.59. The lowest BCUT2D eigenvalue weighted by Gasteiger charge is -2.19. The summed E-state index contributed by atoms with van der Waals surface area (Å²) in [7, 11) is 0. The zero-order chi connectivity index (χ0) is 13.0. The van der Waals surface area contributed by atoms with Crippen molar-refractivity contribution in [1.82, 2.24) is 0 Å². The van der Waals surface area contributed by atoms with Crippen molar-refractivity contribution in [2.75, 3.05) is 6.61 Å². The zero-order valence-electron chi connectivity index (χ0n) is 10.2. The van der Waals surface area contributed by atoms with Crippen LogP contribution in [-0.2, 0) is 4.74 Å². The van der Waals surface area contributed by atoms with Crippen LogP contribution in [0.15, 0.2) is 22.7 Å². The molecule has 0 saturated heterocycles. The molecule has 0 radical (unpaired) electrons. The molecule has 1 unspecified atom stereocenters. The van der Waals surface area contributed by atoms with E-state index in [-0.39, 0.29) is 17.3 Å². The maximum Gasteiger partial charge on any atom is 0.194 e. The second kappa shape index (κ2) is 6.26. The van der Waals surface area contributed by atoms with Gasteiger partial charge in [-0.25, -0.2) is 4.39 Å². The Labute approximate surface area is 109 Å². The Bertz CT molecular complexity index is 404. The summed E-state index contributed by atoms with van der Waals surface area (Å²) in [5.74, 6) is -0.801. The molecule has 1 aromatic carbocycles. The van der Waals surface area contributed by atoms with Crippen LogP contribution in [-0.4, -0.2) is 18.5 Å². The predicted molar refractivity (Wildman–Crippen MR) is 68.7 cm³/mol. The third kappa shape index (κ3) is 3.61. The Morgan fingerprint density at radius 2 is 2.12 bits per heavy atom. The van der Waals surface area contributed by atoms with Gasteiger partial charge in [0.25, 0.3) is 0 Å². The Kier molecular flexibility index (Phi) is 5.28. The maximum absolute atomic E-state index is 13.6. The van der Waals surface area contributed by atoms with Crippen LogP contribution >= 0.6 is 15.9 Å². The van der Waals surface area contributed by atoms with E-state index >= 15 is 0 Å². The summed E-state index contributed by atoms with van der Waals surface area (Å²) >= 11 is 3.23. The highest BCUT2D eigenvalue weighted by molar-refractivity contribution is 9.10. The van der Waals surface area contributed by atoms with Crippen molar-refractivity contribution in [2.45, 2.75) is 26.9 Å². The average molecular weight is 303 g/mol. The SMILES string of the molecule is CCOC(C(=O)c1cc(Br)ccc1F)C(C)C. The average Bonchev–Trinajstić information content (AvgIpc) is 2.28. The van der Waals surface area contributed by atoms with E-state index in [1.807, 2.05) is 20.8 Å². The van der Waals surface area contributed by atoms with Crippen molar-refractivity contribution in [2.24, 2.45) is 5.92 Å². The molecule has 0 aromatic heterocycles. The minimum atomic E-state index is -0.594. The van der Waals surface area contributed by atoms with Gasteiger partial charge in [-0.2, -0.15) is 0 Å². The summed E-state index contributed by atoms with van der Waals surface area (Å²) in [6, 6.07) is 4.34. The summed E-state index contributed by atoms with van der Waals surface area (Å²) < 4.78 is 19.7. The quantitative estimate of drug-likeness (QED) is 0.773. The number of Topliss-reactive ketones (excluding diaryl/α,β-unsaturated/α-hetero) is 1. The van der Waals surface area contributed by atoms with Gasteiger partial charge in [-0.05, 0) is 31.0 Å². The van der Waals surface area contributed by atoms with Gasteiger partial charge in [-0.3, -0.25) is 4.79 Å². The smallest absolute Gasteiger partial charge is 0.194 e. The second-order valence-corrected chi connectivity index (χ2v) is 5.02. The number of carbonyl (C=O) groups is 1. The van der Waals surface area contributed by atoms with Gasteiger partial charge < -0.3 is 4.74 Å². The standard InChI is InChI=1S/C13H16BrFO2/c1-4-17-13(8(2)3)12(16)10-7-9(14)5-6-11(10)15/h5-8,13H,4H2,1-3H3. The predicted octanol–water partition coefficient (Wildman–Crippen LogP) is 3.83. The van der Waals surface area contributed by atoms with Crippen molar-refractivity contribution in [3.8, 4) is 0 Å². The van der Waals surface area contributed by atoms with E-state index in [0.717, 1.165) is 0 Å². The van der Waals surface area contributed by atoms with Crippen LogP contribution in [0.2, 0.25) is 0 Å². The highest BCUT2D eigenvalue weighted by Crippen LogP contribution is 2.20. The molecule has 0 aliphatic rings. The van der Waals surface area contributed by atoms with Crippen LogP contribution in [0.25, 0.3) is 0 Å². The van der Waals surface area contributed by atoms with Gasteiger partial charge in [-0.1, -0.05) is 29.8 Å². The van der Waals surface area contributed by atoms with Crippen molar-refractivity contribution in [3.63, 3.8) is 0 Å². The second-order valence-electron chi connectivity index (χ2n) is 4.11. The van der Waals surface area contributed by atoms with Gasteiger partial charge in [0.1, 0.15) is 11.9 Å². The minimum absolute atomic E-state index is 0.0147. The molecule has 1 aromatic rings. The number of carbonyl (C=O) groups excluding carboxylic acids is 1. The lowest BCUT2D eigenvalue weighted by Crippen LogP contribution is -2.30. The topological polar surface area (TPSA) is 26.3 Å². The fraction of sp³-hybridized carbons (Fsp3) is 0.462. The minimum Gasteiger partial charge on any atom is -0.370 e. The molecule has 94 valence electrons. The molecule has 0 aliphatic heterocycles. The zero-order valence-corrected chi connectivity index (χ0v) is 11.8. The first kappa shape index (κ1) is 14.3. The Hall–Kier alpha value is -0.740. The lowest BCUT2D eigenvalue weighted by molar-refractivity contribution is 0.0276. The fourth-order valence-corrected chi connectivity index (χ4v) is 1.95. The molecule has 0 amide bonds. The Morgan fingerprint density at radius 3 is 2.65 bits per heavy atom. The van der Waals surface area contributed by atoms with Gasteiger partial charge in [0.05, 0.1) is 5.56 Å². The monoisotopic (exact) mass is 302 g/mol. The van der Waals surface area contributed by atoms with Crippen molar-refractivity contribution >= 4 is 21.7 Å². The number of benzene rings is 1. The normalized spacial score (nSPS) is 12.8. The molecule has 0 heterocycles. The molecule has 1 atom stereocenters. The summed E-state index contributed by atoms with van der Waals surface area (Å²) in [6.07, 6.45) is -0.594. The van der Waals surface area contributed by atoms with Crippen LogP contribution in [0, 0.1) is 11.7 Å². The van der Waals surface area contributed by atoms with Crippen LogP contribution in [0.4, 0.5) is 4.39 Å². The van der Waals surface area contributed by atoms with E-state index in [1.54, 1.807) is 6.07 Å².